The molecule has 1 atom stereocenters. The largest absolute Gasteiger partial charge is 0.383 e. The minimum absolute atomic E-state index is 0.165. The summed E-state index contributed by atoms with van der Waals surface area (Å²) in [7, 11) is 0. The van der Waals surface area contributed by atoms with Crippen LogP contribution in [0.15, 0.2) is 54.6 Å². The standard InChI is InChI=1S/C18H19ClN2O2/c19-15-8-4-5-9-16(15)21-17(22)20-12-18(23,14-10-11-14)13-6-2-1-3-7-13/h1-9,14,23H,10-12H2,(H2,20,21,22)/t18-/m0/s1. The number of benzene rings is 2. The molecule has 2 aromatic rings. The van der Waals surface area contributed by atoms with Crippen molar-refractivity contribution in [1.29, 1.82) is 0 Å². The van der Waals surface area contributed by atoms with Crippen molar-refractivity contribution in [2.75, 3.05) is 11.9 Å². The molecule has 3 rings (SSSR count). The Hall–Kier alpha value is -2.04. The lowest BCUT2D eigenvalue weighted by Crippen LogP contribution is -2.43. The van der Waals surface area contributed by atoms with E-state index in [0.717, 1.165) is 18.4 Å². The Bertz CT molecular complexity index is 688. The number of carbonyl (C=O) groups excluding carboxylic acids is 1. The molecule has 23 heavy (non-hydrogen) atoms. The zero-order valence-corrected chi connectivity index (χ0v) is 13.4. The number of hydrogen-bond acceptors (Lipinski definition) is 2. The fourth-order valence-corrected chi connectivity index (χ4v) is 2.90. The van der Waals surface area contributed by atoms with Gasteiger partial charge in [0.15, 0.2) is 0 Å². The van der Waals surface area contributed by atoms with Gasteiger partial charge >= 0.3 is 6.03 Å². The lowest BCUT2D eigenvalue weighted by atomic mass is 9.89. The first-order valence-electron chi connectivity index (χ1n) is 7.67. The van der Waals surface area contributed by atoms with Gasteiger partial charge in [-0.2, -0.15) is 0 Å². The van der Waals surface area contributed by atoms with Crippen molar-refractivity contribution < 1.29 is 9.90 Å². The predicted molar refractivity (Wildman–Crippen MR) is 91.5 cm³/mol. The molecule has 0 aromatic heterocycles. The van der Waals surface area contributed by atoms with Crippen LogP contribution in [0.25, 0.3) is 0 Å². The van der Waals surface area contributed by atoms with Crippen molar-refractivity contribution in [3.05, 3.63) is 65.2 Å². The van der Waals surface area contributed by atoms with Crippen molar-refractivity contribution in [3.8, 4) is 0 Å². The van der Waals surface area contributed by atoms with Gasteiger partial charge < -0.3 is 15.7 Å². The predicted octanol–water partition coefficient (Wildman–Crippen LogP) is 3.76. The van der Waals surface area contributed by atoms with Crippen LogP contribution in [0.2, 0.25) is 5.02 Å². The quantitative estimate of drug-likeness (QED) is 0.781. The summed E-state index contributed by atoms with van der Waals surface area (Å²) in [6, 6.07) is 16.1. The molecule has 0 saturated heterocycles. The Labute approximate surface area is 140 Å². The van der Waals surface area contributed by atoms with Gasteiger partial charge in [0.1, 0.15) is 5.60 Å². The summed E-state index contributed by atoms with van der Waals surface area (Å²) >= 11 is 6.02. The van der Waals surface area contributed by atoms with Crippen molar-refractivity contribution in [2.45, 2.75) is 18.4 Å². The molecule has 0 spiro atoms. The second kappa shape index (κ2) is 6.60. The summed E-state index contributed by atoms with van der Waals surface area (Å²) in [5, 5.41) is 17.0. The molecule has 1 aliphatic rings. The molecule has 5 heteroatoms. The lowest BCUT2D eigenvalue weighted by Gasteiger charge is -2.29. The SMILES string of the molecule is O=C(NC[C@](O)(c1ccccc1)C1CC1)Nc1ccccc1Cl. The molecular weight excluding hydrogens is 312 g/mol. The number of nitrogens with one attached hydrogen (secondary N) is 2. The molecule has 1 saturated carbocycles. The molecule has 1 fully saturated rings. The average Bonchev–Trinajstić information content (AvgIpc) is 3.41. The summed E-state index contributed by atoms with van der Waals surface area (Å²) in [5.74, 6) is 0.186. The van der Waals surface area contributed by atoms with Gasteiger partial charge in [-0.05, 0) is 36.5 Å². The highest BCUT2D eigenvalue weighted by atomic mass is 35.5. The van der Waals surface area contributed by atoms with E-state index in [1.807, 2.05) is 30.3 Å². The first kappa shape index (κ1) is 15.8. The first-order valence-corrected chi connectivity index (χ1v) is 8.04. The van der Waals surface area contributed by atoms with Gasteiger partial charge in [0.25, 0.3) is 0 Å². The van der Waals surface area contributed by atoms with E-state index in [4.69, 9.17) is 11.6 Å². The number of rotatable bonds is 5. The van der Waals surface area contributed by atoms with Crippen LogP contribution in [0, 0.1) is 5.92 Å². The van der Waals surface area contributed by atoms with Gasteiger partial charge in [0.2, 0.25) is 0 Å². The number of urea groups is 1. The molecular formula is C18H19ClN2O2. The van der Waals surface area contributed by atoms with Crippen molar-refractivity contribution >= 4 is 23.3 Å². The van der Waals surface area contributed by atoms with Crippen LogP contribution in [-0.4, -0.2) is 17.7 Å². The molecule has 0 radical (unpaired) electrons. The third-order valence-corrected chi connectivity index (χ3v) is 4.50. The first-order chi connectivity index (χ1) is 11.1. The molecule has 120 valence electrons. The van der Waals surface area contributed by atoms with Crippen molar-refractivity contribution in [1.82, 2.24) is 5.32 Å². The van der Waals surface area contributed by atoms with E-state index in [-0.39, 0.29) is 18.5 Å². The molecule has 3 N–H and O–H groups in total. The van der Waals surface area contributed by atoms with E-state index in [0.29, 0.717) is 10.7 Å². The summed E-state index contributed by atoms with van der Waals surface area (Å²) < 4.78 is 0. The van der Waals surface area contributed by atoms with Crippen LogP contribution in [0.1, 0.15) is 18.4 Å². The van der Waals surface area contributed by atoms with Gasteiger partial charge in [-0.25, -0.2) is 4.79 Å². The summed E-state index contributed by atoms with van der Waals surface area (Å²) in [6.07, 6.45) is 1.94. The number of para-hydroxylation sites is 1. The van der Waals surface area contributed by atoms with E-state index < -0.39 is 5.60 Å². The zero-order valence-electron chi connectivity index (χ0n) is 12.6. The number of carbonyl (C=O) groups is 1. The monoisotopic (exact) mass is 330 g/mol. The molecule has 4 nitrogen and oxygen atoms in total. The topological polar surface area (TPSA) is 61.4 Å². The maximum absolute atomic E-state index is 12.1. The van der Waals surface area contributed by atoms with Crippen LogP contribution in [0.3, 0.4) is 0 Å². The second-order valence-electron chi connectivity index (χ2n) is 5.85. The lowest BCUT2D eigenvalue weighted by molar-refractivity contribution is 0.0164. The highest BCUT2D eigenvalue weighted by Crippen LogP contribution is 2.45. The molecule has 2 aromatic carbocycles. The number of aliphatic hydroxyl groups is 1. The minimum atomic E-state index is -1.03. The smallest absolute Gasteiger partial charge is 0.319 e. The highest BCUT2D eigenvalue weighted by molar-refractivity contribution is 6.33. The van der Waals surface area contributed by atoms with Crippen LogP contribution in [0.4, 0.5) is 10.5 Å². The Morgan fingerprint density at radius 3 is 2.43 bits per heavy atom. The Morgan fingerprint density at radius 2 is 1.78 bits per heavy atom. The summed E-state index contributed by atoms with van der Waals surface area (Å²) in [6.45, 7) is 0.165. The molecule has 0 unspecified atom stereocenters. The molecule has 0 heterocycles. The van der Waals surface area contributed by atoms with Crippen LogP contribution >= 0.6 is 11.6 Å². The van der Waals surface area contributed by atoms with Gasteiger partial charge in [0.05, 0.1) is 17.3 Å². The maximum atomic E-state index is 12.1. The van der Waals surface area contributed by atoms with Crippen LogP contribution in [-0.2, 0) is 5.60 Å². The number of halogens is 1. The third kappa shape index (κ3) is 3.66. The van der Waals surface area contributed by atoms with E-state index >= 15 is 0 Å². The van der Waals surface area contributed by atoms with E-state index in [1.54, 1.807) is 24.3 Å². The summed E-state index contributed by atoms with van der Waals surface area (Å²) in [4.78, 5) is 12.1. The number of anilines is 1. The Balaban J connectivity index is 1.66. The average molecular weight is 331 g/mol. The maximum Gasteiger partial charge on any atom is 0.319 e. The van der Waals surface area contributed by atoms with E-state index in [9.17, 15) is 9.90 Å². The number of hydrogen-bond donors (Lipinski definition) is 3. The molecule has 0 aliphatic heterocycles. The Morgan fingerprint density at radius 1 is 1.13 bits per heavy atom. The minimum Gasteiger partial charge on any atom is -0.383 e. The summed E-state index contributed by atoms with van der Waals surface area (Å²) in [5.41, 5.74) is 0.348. The molecule has 1 aliphatic carbocycles. The van der Waals surface area contributed by atoms with Gasteiger partial charge in [-0.15, -0.1) is 0 Å². The van der Waals surface area contributed by atoms with Gasteiger partial charge in [-0.3, -0.25) is 0 Å². The normalized spacial score (nSPS) is 16.4. The third-order valence-electron chi connectivity index (χ3n) is 4.17. The molecule has 2 amide bonds. The zero-order chi connectivity index (χ0) is 16.3. The fraction of sp³-hybridized carbons (Fsp3) is 0.278. The Kier molecular flexibility index (Phi) is 4.55. The highest BCUT2D eigenvalue weighted by Gasteiger charge is 2.45. The van der Waals surface area contributed by atoms with E-state index in [2.05, 4.69) is 10.6 Å². The molecule has 0 bridgehead atoms. The number of amides is 2. The second-order valence-corrected chi connectivity index (χ2v) is 6.26. The van der Waals surface area contributed by atoms with Gasteiger partial charge in [-0.1, -0.05) is 54.1 Å². The van der Waals surface area contributed by atoms with Crippen LogP contribution in [0.5, 0.6) is 0 Å². The van der Waals surface area contributed by atoms with Gasteiger partial charge in [0, 0.05) is 0 Å². The van der Waals surface area contributed by atoms with Crippen molar-refractivity contribution in [3.63, 3.8) is 0 Å². The van der Waals surface area contributed by atoms with Crippen LogP contribution < -0.4 is 10.6 Å². The fourth-order valence-electron chi connectivity index (χ4n) is 2.71. The van der Waals surface area contributed by atoms with E-state index in [1.165, 1.54) is 0 Å². The van der Waals surface area contributed by atoms with Crippen molar-refractivity contribution in [2.24, 2.45) is 5.92 Å².